The van der Waals surface area contributed by atoms with Crippen LogP contribution in [0.15, 0.2) is 15.9 Å². The lowest BCUT2D eigenvalue weighted by Crippen LogP contribution is -2.38. The van der Waals surface area contributed by atoms with Gasteiger partial charge in [-0.15, -0.1) is 11.3 Å². The predicted molar refractivity (Wildman–Crippen MR) is 55.3 cm³/mol. The van der Waals surface area contributed by atoms with Gasteiger partial charge >= 0.3 is 0 Å². The van der Waals surface area contributed by atoms with Crippen molar-refractivity contribution in [1.82, 2.24) is 5.43 Å². The molecule has 1 aromatic rings. The standard InChI is InChI=1S/C8H9BrN2OS/c9-5-3-6(13-4-5)8(1-2-8)7(12)11-10/h3-4H,1-2,10H2,(H,11,12). The Balaban J connectivity index is 2.30. The van der Waals surface area contributed by atoms with E-state index in [2.05, 4.69) is 21.4 Å². The molecule has 0 unspecified atom stereocenters. The summed E-state index contributed by atoms with van der Waals surface area (Å²) in [5, 5.41) is 1.99. The average Bonchev–Trinajstić information content (AvgIpc) is 2.83. The zero-order chi connectivity index (χ0) is 9.47. The first kappa shape index (κ1) is 9.18. The van der Waals surface area contributed by atoms with Crippen LogP contribution < -0.4 is 11.3 Å². The Morgan fingerprint density at radius 3 is 2.77 bits per heavy atom. The molecule has 0 bridgehead atoms. The van der Waals surface area contributed by atoms with Crippen molar-refractivity contribution in [2.75, 3.05) is 0 Å². The summed E-state index contributed by atoms with van der Waals surface area (Å²) in [5.41, 5.74) is 1.91. The molecule has 1 fully saturated rings. The Bertz CT molecular complexity index is 346. The van der Waals surface area contributed by atoms with Crippen molar-refractivity contribution in [1.29, 1.82) is 0 Å². The quantitative estimate of drug-likeness (QED) is 0.482. The van der Waals surface area contributed by atoms with Gasteiger partial charge in [0.1, 0.15) is 0 Å². The van der Waals surface area contributed by atoms with Gasteiger partial charge in [-0.3, -0.25) is 10.2 Å². The van der Waals surface area contributed by atoms with E-state index in [1.807, 2.05) is 11.4 Å². The molecule has 1 aromatic heterocycles. The lowest BCUT2D eigenvalue weighted by Gasteiger charge is -2.09. The van der Waals surface area contributed by atoms with Crippen molar-refractivity contribution in [3.05, 3.63) is 20.8 Å². The van der Waals surface area contributed by atoms with Crippen molar-refractivity contribution < 1.29 is 4.79 Å². The molecule has 1 aliphatic carbocycles. The zero-order valence-corrected chi connectivity index (χ0v) is 9.24. The van der Waals surface area contributed by atoms with E-state index in [4.69, 9.17) is 5.84 Å². The maximum Gasteiger partial charge on any atom is 0.245 e. The van der Waals surface area contributed by atoms with Crippen LogP contribution in [0.1, 0.15) is 17.7 Å². The molecule has 0 spiro atoms. The topological polar surface area (TPSA) is 55.1 Å². The zero-order valence-electron chi connectivity index (χ0n) is 6.84. The summed E-state index contributed by atoms with van der Waals surface area (Å²) in [7, 11) is 0. The van der Waals surface area contributed by atoms with E-state index in [1.165, 1.54) is 0 Å². The number of rotatable bonds is 2. The van der Waals surface area contributed by atoms with Crippen LogP contribution in [-0.4, -0.2) is 5.91 Å². The Hall–Kier alpha value is -0.390. The van der Waals surface area contributed by atoms with Crippen LogP contribution >= 0.6 is 27.3 Å². The van der Waals surface area contributed by atoms with Crippen molar-refractivity contribution in [2.45, 2.75) is 18.3 Å². The van der Waals surface area contributed by atoms with Crippen molar-refractivity contribution in [3.8, 4) is 0 Å². The normalized spacial score (nSPS) is 18.3. The summed E-state index contributed by atoms with van der Waals surface area (Å²) in [5.74, 6) is 5.07. The highest BCUT2D eigenvalue weighted by atomic mass is 79.9. The third-order valence-corrected chi connectivity index (χ3v) is 4.25. The number of carbonyl (C=O) groups is 1. The molecule has 0 aromatic carbocycles. The van der Waals surface area contributed by atoms with Crippen molar-refractivity contribution in [3.63, 3.8) is 0 Å². The number of thiophene rings is 1. The first-order chi connectivity index (χ1) is 6.19. The summed E-state index contributed by atoms with van der Waals surface area (Å²) >= 11 is 4.97. The highest BCUT2D eigenvalue weighted by molar-refractivity contribution is 9.10. The molecule has 2 rings (SSSR count). The number of hydrazine groups is 1. The smallest absolute Gasteiger partial charge is 0.245 e. The molecule has 1 heterocycles. The van der Waals surface area contributed by atoms with Crippen LogP contribution in [0.2, 0.25) is 0 Å². The summed E-state index contributed by atoms with van der Waals surface area (Å²) < 4.78 is 1.03. The maximum absolute atomic E-state index is 11.5. The number of amides is 1. The van der Waals surface area contributed by atoms with E-state index in [-0.39, 0.29) is 11.3 Å². The second kappa shape index (κ2) is 3.08. The summed E-state index contributed by atoms with van der Waals surface area (Å²) in [4.78, 5) is 12.6. The van der Waals surface area contributed by atoms with E-state index in [0.717, 1.165) is 22.2 Å². The van der Waals surface area contributed by atoms with Crippen LogP contribution in [-0.2, 0) is 10.2 Å². The molecule has 5 heteroatoms. The predicted octanol–water partition coefficient (Wildman–Crippen LogP) is 1.53. The molecule has 0 saturated heterocycles. The van der Waals surface area contributed by atoms with Gasteiger partial charge in [0, 0.05) is 14.7 Å². The minimum atomic E-state index is -0.314. The molecule has 1 amide bonds. The van der Waals surface area contributed by atoms with E-state index in [9.17, 15) is 4.79 Å². The average molecular weight is 261 g/mol. The monoisotopic (exact) mass is 260 g/mol. The third-order valence-electron chi connectivity index (χ3n) is 2.35. The van der Waals surface area contributed by atoms with Gasteiger partial charge in [-0.2, -0.15) is 0 Å². The van der Waals surface area contributed by atoms with Gasteiger partial charge in [-0.25, -0.2) is 5.84 Å². The third kappa shape index (κ3) is 1.41. The summed E-state index contributed by atoms with van der Waals surface area (Å²) in [6, 6.07) is 1.99. The highest BCUT2D eigenvalue weighted by Gasteiger charge is 2.52. The van der Waals surface area contributed by atoms with Crippen LogP contribution in [0, 0.1) is 0 Å². The van der Waals surface area contributed by atoms with Crippen LogP contribution in [0.5, 0.6) is 0 Å². The van der Waals surface area contributed by atoms with Crippen LogP contribution in [0.25, 0.3) is 0 Å². The van der Waals surface area contributed by atoms with Gasteiger partial charge in [-0.1, -0.05) is 0 Å². The summed E-state index contributed by atoms with van der Waals surface area (Å²) in [6.45, 7) is 0. The van der Waals surface area contributed by atoms with Gasteiger partial charge in [0.2, 0.25) is 5.91 Å². The molecule has 0 aliphatic heterocycles. The number of nitrogens with two attached hydrogens (primary N) is 1. The SMILES string of the molecule is NNC(=O)C1(c2cc(Br)cs2)CC1. The summed E-state index contributed by atoms with van der Waals surface area (Å²) in [6.07, 6.45) is 1.81. The number of carbonyl (C=O) groups excluding carboxylic acids is 1. The Morgan fingerprint density at radius 2 is 2.38 bits per heavy atom. The molecule has 13 heavy (non-hydrogen) atoms. The molecule has 70 valence electrons. The van der Waals surface area contributed by atoms with E-state index >= 15 is 0 Å². The fraction of sp³-hybridized carbons (Fsp3) is 0.375. The van der Waals surface area contributed by atoms with E-state index in [0.29, 0.717) is 0 Å². The molecular formula is C8H9BrN2OS. The molecular weight excluding hydrogens is 252 g/mol. The molecule has 1 aliphatic rings. The number of nitrogens with one attached hydrogen (secondary N) is 1. The fourth-order valence-electron chi connectivity index (χ4n) is 1.41. The Kier molecular flexibility index (Phi) is 2.17. The minimum absolute atomic E-state index is 0.0677. The van der Waals surface area contributed by atoms with Crippen molar-refractivity contribution >= 4 is 33.2 Å². The van der Waals surface area contributed by atoms with Crippen LogP contribution in [0.4, 0.5) is 0 Å². The second-order valence-electron chi connectivity index (χ2n) is 3.18. The molecule has 3 N–H and O–H groups in total. The van der Waals surface area contributed by atoms with Crippen LogP contribution in [0.3, 0.4) is 0 Å². The Morgan fingerprint density at radius 1 is 1.69 bits per heavy atom. The van der Waals surface area contributed by atoms with Gasteiger partial charge < -0.3 is 0 Å². The van der Waals surface area contributed by atoms with Gasteiger partial charge in [0.05, 0.1) is 5.41 Å². The van der Waals surface area contributed by atoms with Gasteiger partial charge in [-0.05, 0) is 34.8 Å². The second-order valence-corrected chi connectivity index (χ2v) is 5.01. The first-order valence-corrected chi connectivity index (χ1v) is 5.62. The van der Waals surface area contributed by atoms with Gasteiger partial charge in [0.15, 0.2) is 0 Å². The van der Waals surface area contributed by atoms with E-state index < -0.39 is 0 Å². The maximum atomic E-state index is 11.5. The lowest BCUT2D eigenvalue weighted by atomic mass is 10.1. The molecule has 3 nitrogen and oxygen atoms in total. The highest BCUT2D eigenvalue weighted by Crippen LogP contribution is 2.50. The van der Waals surface area contributed by atoms with Crippen molar-refractivity contribution in [2.24, 2.45) is 5.84 Å². The Labute approximate surface area is 88.4 Å². The molecule has 0 atom stereocenters. The number of hydrogen-bond donors (Lipinski definition) is 2. The fourth-order valence-corrected chi connectivity index (χ4v) is 3.10. The van der Waals surface area contributed by atoms with Gasteiger partial charge in [0.25, 0.3) is 0 Å². The number of halogens is 1. The lowest BCUT2D eigenvalue weighted by molar-refractivity contribution is -0.123. The minimum Gasteiger partial charge on any atom is -0.293 e. The largest absolute Gasteiger partial charge is 0.293 e. The molecule has 1 saturated carbocycles. The first-order valence-electron chi connectivity index (χ1n) is 3.94. The molecule has 0 radical (unpaired) electrons. The van der Waals surface area contributed by atoms with E-state index in [1.54, 1.807) is 11.3 Å². The number of hydrogen-bond acceptors (Lipinski definition) is 3.